The molecule has 0 aromatic heterocycles. The van der Waals surface area contributed by atoms with E-state index >= 15 is 0 Å². The maximum Gasteiger partial charge on any atom is 0.255 e. The summed E-state index contributed by atoms with van der Waals surface area (Å²) in [6, 6.07) is 7.84. The molecule has 2 fully saturated rings. The van der Waals surface area contributed by atoms with Crippen molar-refractivity contribution in [1.29, 1.82) is 0 Å². The second-order valence-corrected chi connectivity index (χ2v) is 6.04. The normalized spacial score (nSPS) is 23.6. The Morgan fingerprint density at radius 2 is 1.67 bits per heavy atom. The molecule has 1 aromatic carbocycles. The molecule has 0 unspecified atom stereocenters. The molecule has 1 aromatic rings. The second kappa shape index (κ2) is 5.61. The number of nitrogens with zero attached hydrogens (tertiary/aromatic N) is 3. The fourth-order valence-electron chi connectivity index (χ4n) is 2.73. The molecule has 6 heteroatoms. The van der Waals surface area contributed by atoms with Crippen LogP contribution in [0.25, 0.3) is 0 Å². The Bertz CT molecular complexity index is 551. The summed E-state index contributed by atoms with van der Waals surface area (Å²) in [4.78, 5) is 18.4. The fraction of sp³-hybridized carbons (Fsp3) is 0.467. The summed E-state index contributed by atoms with van der Waals surface area (Å²) < 4.78 is 0. The van der Waals surface area contributed by atoms with Crippen LogP contribution in [0, 0.1) is 0 Å². The molecule has 5 nitrogen and oxygen atoms in total. The van der Waals surface area contributed by atoms with Crippen molar-refractivity contribution in [2.45, 2.75) is 13.0 Å². The maximum absolute atomic E-state index is 12.1. The largest absolute Gasteiger partial charge is 0.369 e. The van der Waals surface area contributed by atoms with Gasteiger partial charge in [-0.2, -0.15) is 0 Å². The van der Waals surface area contributed by atoms with E-state index in [0.717, 1.165) is 31.9 Å². The van der Waals surface area contributed by atoms with E-state index in [1.165, 1.54) is 5.69 Å². The average Bonchev–Trinajstić information content (AvgIpc) is 2.73. The molecule has 21 heavy (non-hydrogen) atoms. The van der Waals surface area contributed by atoms with Crippen LogP contribution in [-0.2, 0) is 4.79 Å². The van der Waals surface area contributed by atoms with Crippen LogP contribution in [0.3, 0.4) is 0 Å². The zero-order valence-electron chi connectivity index (χ0n) is 12.4. The Labute approximate surface area is 130 Å². The first-order valence-electron chi connectivity index (χ1n) is 7.24. The second-order valence-electron chi connectivity index (χ2n) is 5.65. The van der Waals surface area contributed by atoms with E-state index in [-0.39, 0.29) is 11.9 Å². The monoisotopic (exact) mass is 304 g/mol. The van der Waals surface area contributed by atoms with Crippen LogP contribution in [0.1, 0.15) is 6.92 Å². The van der Waals surface area contributed by atoms with E-state index < -0.39 is 0 Å². The number of rotatable bonds is 2. The number of thiocarbonyl (C=S) groups is 1. The molecule has 1 N–H and O–H groups in total. The van der Waals surface area contributed by atoms with Gasteiger partial charge in [0.2, 0.25) is 0 Å². The van der Waals surface area contributed by atoms with Crippen molar-refractivity contribution in [3.8, 4) is 0 Å². The first-order chi connectivity index (χ1) is 10.1. The lowest BCUT2D eigenvalue weighted by Gasteiger charge is -2.34. The van der Waals surface area contributed by atoms with Crippen molar-refractivity contribution in [2.75, 3.05) is 43.0 Å². The number of amides is 1. The Morgan fingerprint density at radius 3 is 2.19 bits per heavy atom. The molecule has 1 atom stereocenters. The number of hydrogen-bond acceptors (Lipinski definition) is 4. The lowest BCUT2D eigenvalue weighted by molar-refractivity contribution is -0.117. The number of nitrogens with one attached hydrogen (secondary N) is 1. The predicted molar refractivity (Wildman–Crippen MR) is 88.8 cm³/mol. The third-order valence-corrected chi connectivity index (χ3v) is 4.41. The molecule has 2 saturated heterocycles. The molecule has 1 amide bonds. The highest BCUT2D eigenvalue weighted by Gasteiger charge is 2.33. The summed E-state index contributed by atoms with van der Waals surface area (Å²) in [6.07, 6.45) is 0. The van der Waals surface area contributed by atoms with E-state index in [1.807, 2.05) is 19.1 Å². The van der Waals surface area contributed by atoms with Gasteiger partial charge in [0.25, 0.3) is 5.91 Å². The molecule has 0 spiro atoms. The Balaban J connectivity index is 1.75. The van der Waals surface area contributed by atoms with Crippen LogP contribution in [0.2, 0.25) is 0 Å². The number of anilines is 2. The van der Waals surface area contributed by atoms with Crippen molar-refractivity contribution in [3.05, 3.63) is 24.3 Å². The third kappa shape index (κ3) is 2.73. The van der Waals surface area contributed by atoms with Gasteiger partial charge in [0.05, 0.1) is 5.69 Å². The smallest absolute Gasteiger partial charge is 0.255 e. The Kier molecular flexibility index (Phi) is 3.82. The van der Waals surface area contributed by atoms with Crippen LogP contribution in [0.5, 0.6) is 0 Å². The Hall–Kier alpha value is -1.66. The summed E-state index contributed by atoms with van der Waals surface area (Å²) in [5, 5.41) is 3.48. The minimum absolute atomic E-state index is 0.00680. The number of carbonyl (C=O) groups excluding carboxylic acids is 1. The van der Waals surface area contributed by atoms with Gasteiger partial charge in [-0.15, -0.1) is 0 Å². The van der Waals surface area contributed by atoms with Gasteiger partial charge in [0.15, 0.2) is 5.11 Å². The lowest BCUT2D eigenvalue weighted by atomic mass is 10.2. The predicted octanol–water partition coefficient (Wildman–Crippen LogP) is 1.05. The van der Waals surface area contributed by atoms with Crippen LogP contribution in [0.4, 0.5) is 11.4 Å². The molecule has 3 rings (SSSR count). The molecule has 2 aliphatic rings. The van der Waals surface area contributed by atoms with Gasteiger partial charge in [-0.1, -0.05) is 0 Å². The third-order valence-electron chi connectivity index (χ3n) is 4.11. The van der Waals surface area contributed by atoms with Crippen LogP contribution in [0.15, 0.2) is 24.3 Å². The standard InChI is InChI=1S/C15H20N4OS/c1-11-14(20)19(15(21)16-11)13-5-3-12(4-6-13)18-9-7-17(2)8-10-18/h3-6,11H,7-10H2,1-2H3,(H,16,21)/t11-/m1/s1. The fourth-order valence-corrected chi connectivity index (χ4v) is 3.10. The first kappa shape index (κ1) is 14.3. The van der Waals surface area contributed by atoms with E-state index in [9.17, 15) is 4.79 Å². The van der Waals surface area contributed by atoms with Gasteiger partial charge in [0, 0.05) is 31.9 Å². The topological polar surface area (TPSA) is 38.8 Å². The molecule has 112 valence electrons. The number of likely N-dealkylation sites (N-methyl/N-ethyl adjacent to an activating group) is 1. The molecule has 0 radical (unpaired) electrons. The molecule has 2 aliphatic heterocycles. The van der Waals surface area contributed by atoms with Gasteiger partial charge >= 0.3 is 0 Å². The van der Waals surface area contributed by atoms with Crippen LogP contribution in [-0.4, -0.2) is 55.2 Å². The first-order valence-corrected chi connectivity index (χ1v) is 7.65. The molecular weight excluding hydrogens is 284 g/mol. The Morgan fingerprint density at radius 1 is 1.10 bits per heavy atom. The summed E-state index contributed by atoms with van der Waals surface area (Å²) in [7, 11) is 2.15. The molecule has 0 bridgehead atoms. The minimum Gasteiger partial charge on any atom is -0.369 e. The number of piperazine rings is 1. The van der Waals surface area contributed by atoms with Crippen molar-refractivity contribution in [1.82, 2.24) is 10.2 Å². The van der Waals surface area contributed by atoms with E-state index in [4.69, 9.17) is 12.2 Å². The van der Waals surface area contributed by atoms with Gasteiger partial charge in [-0.05, 0) is 50.5 Å². The van der Waals surface area contributed by atoms with Crippen molar-refractivity contribution < 1.29 is 4.79 Å². The highest BCUT2D eigenvalue weighted by molar-refractivity contribution is 7.80. The number of benzene rings is 1. The minimum atomic E-state index is -0.241. The van der Waals surface area contributed by atoms with E-state index in [1.54, 1.807) is 4.90 Å². The van der Waals surface area contributed by atoms with E-state index in [2.05, 4.69) is 34.3 Å². The lowest BCUT2D eigenvalue weighted by Crippen LogP contribution is -2.44. The summed E-state index contributed by atoms with van der Waals surface area (Å²) in [6.45, 7) is 6.06. The molecule has 2 heterocycles. The van der Waals surface area contributed by atoms with E-state index in [0.29, 0.717) is 5.11 Å². The highest BCUT2D eigenvalue weighted by Crippen LogP contribution is 2.24. The average molecular weight is 304 g/mol. The van der Waals surface area contributed by atoms with Gasteiger partial charge < -0.3 is 15.1 Å². The summed E-state index contributed by atoms with van der Waals surface area (Å²) in [5.41, 5.74) is 2.03. The van der Waals surface area contributed by atoms with Gasteiger partial charge in [-0.25, -0.2) is 0 Å². The molecule has 0 saturated carbocycles. The quantitative estimate of drug-likeness (QED) is 0.827. The number of hydrogen-bond donors (Lipinski definition) is 1. The van der Waals surface area contributed by atoms with Crippen molar-refractivity contribution >= 4 is 34.6 Å². The summed E-state index contributed by atoms with van der Waals surface area (Å²) >= 11 is 5.23. The van der Waals surface area contributed by atoms with Crippen molar-refractivity contribution in [3.63, 3.8) is 0 Å². The number of carbonyl (C=O) groups is 1. The van der Waals surface area contributed by atoms with Gasteiger partial charge in [-0.3, -0.25) is 9.69 Å². The zero-order valence-corrected chi connectivity index (χ0v) is 13.2. The van der Waals surface area contributed by atoms with Gasteiger partial charge in [0.1, 0.15) is 6.04 Å². The summed E-state index contributed by atoms with van der Waals surface area (Å²) in [5.74, 6) is 0.00680. The van der Waals surface area contributed by atoms with Crippen LogP contribution >= 0.6 is 12.2 Å². The molecule has 0 aliphatic carbocycles. The SMILES string of the molecule is C[C@H]1NC(=S)N(c2ccc(N3CCN(C)CC3)cc2)C1=O. The van der Waals surface area contributed by atoms with Crippen LogP contribution < -0.4 is 15.1 Å². The highest BCUT2D eigenvalue weighted by atomic mass is 32.1. The maximum atomic E-state index is 12.1. The molecular formula is C15H20N4OS. The zero-order chi connectivity index (χ0) is 15.0. The van der Waals surface area contributed by atoms with Crippen molar-refractivity contribution in [2.24, 2.45) is 0 Å².